The molecule has 0 radical (unpaired) electrons. The number of piperazine rings is 1. The first-order valence-corrected chi connectivity index (χ1v) is 17.2. The van der Waals surface area contributed by atoms with E-state index in [4.69, 9.17) is 20.2 Å². The van der Waals surface area contributed by atoms with Gasteiger partial charge in [-0.05, 0) is 56.5 Å². The highest BCUT2D eigenvalue weighted by molar-refractivity contribution is 7.23. The van der Waals surface area contributed by atoms with Crippen molar-refractivity contribution in [2.75, 3.05) is 50.5 Å². The molecule has 48 heavy (non-hydrogen) atoms. The predicted molar refractivity (Wildman–Crippen MR) is 178 cm³/mol. The van der Waals surface area contributed by atoms with Gasteiger partial charge < -0.3 is 30.3 Å². The number of nitrogen functional groups attached to an aromatic ring is 1. The summed E-state index contributed by atoms with van der Waals surface area (Å²) >= 11 is 1.16. The van der Waals surface area contributed by atoms with Crippen molar-refractivity contribution in [3.63, 3.8) is 0 Å². The number of β-amino-alcohol motifs (C(OH)–C–C–N with tert-alkyl or cyclic N) is 2. The van der Waals surface area contributed by atoms with E-state index < -0.39 is 23.8 Å². The number of fused-ring (bicyclic) bond motifs is 6. The van der Waals surface area contributed by atoms with Gasteiger partial charge in [-0.2, -0.15) is 15.2 Å². The van der Waals surface area contributed by atoms with E-state index in [2.05, 4.69) is 20.9 Å². The molecule has 6 heterocycles. The maximum Gasteiger partial charge on any atom is 0.319 e. The van der Waals surface area contributed by atoms with E-state index in [0.29, 0.717) is 46.5 Å². The highest BCUT2D eigenvalue weighted by Crippen LogP contribution is 2.49. The molecular weight excluding hydrogens is 640 g/mol. The summed E-state index contributed by atoms with van der Waals surface area (Å²) < 4.78 is 46.1. The molecule has 14 heteroatoms. The molecule has 4 aliphatic rings. The zero-order valence-corrected chi connectivity index (χ0v) is 27.6. The smallest absolute Gasteiger partial charge is 0.319 e. The van der Waals surface area contributed by atoms with Gasteiger partial charge in [-0.15, -0.1) is 11.3 Å². The standard InChI is InChI=1S/C34H37F2N7O4S/c1-16(44)9-42-10-17-3-4-18(11-42)43(17)33-28-23-15-46-14-22(23)27(29-24(35)5-6-25-26(29)21(8-37)32(38)48-25)30(36)31(28)39-34(40-33)47-13-19-7-20(45)12-41(19)2/h5-6,16-20,44-45H,3-4,7,9-15,38H2,1-2H3/t16?,17?,18?,19-,20+/m0/s1. The molecule has 3 saturated heterocycles. The number of thiophene rings is 1. The largest absolute Gasteiger partial charge is 0.462 e. The van der Waals surface area contributed by atoms with Gasteiger partial charge in [0.05, 0.1) is 36.4 Å². The zero-order valence-electron chi connectivity index (χ0n) is 26.7. The number of nitrogens with zero attached hydrogens (tertiary/aromatic N) is 6. The van der Waals surface area contributed by atoms with Crippen LogP contribution in [0.2, 0.25) is 0 Å². The van der Waals surface area contributed by atoms with Crippen molar-refractivity contribution >= 4 is 43.1 Å². The number of benzene rings is 2. The van der Waals surface area contributed by atoms with Gasteiger partial charge >= 0.3 is 6.01 Å². The lowest BCUT2D eigenvalue weighted by molar-refractivity contribution is 0.111. The van der Waals surface area contributed by atoms with Crippen LogP contribution in [0, 0.1) is 23.0 Å². The summed E-state index contributed by atoms with van der Waals surface area (Å²) in [6, 6.07) is 5.00. The third kappa shape index (κ3) is 5.07. The summed E-state index contributed by atoms with van der Waals surface area (Å²) in [5.41, 5.74) is 7.44. The molecule has 0 spiro atoms. The van der Waals surface area contributed by atoms with E-state index >= 15 is 8.78 Å². The van der Waals surface area contributed by atoms with Crippen molar-refractivity contribution in [1.82, 2.24) is 19.8 Å². The van der Waals surface area contributed by atoms with Crippen LogP contribution in [-0.4, -0.2) is 100 Å². The molecule has 0 amide bonds. The Labute approximate surface area is 280 Å². The average Bonchev–Trinajstić information content (AvgIpc) is 3.79. The number of aromatic nitrogens is 2. The van der Waals surface area contributed by atoms with Crippen molar-refractivity contribution in [3.8, 4) is 23.2 Å². The summed E-state index contributed by atoms with van der Waals surface area (Å²) in [5.74, 6) is -0.858. The molecule has 4 aliphatic heterocycles. The molecule has 2 bridgehead atoms. The lowest BCUT2D eigenvalue weighted by atomic mass is 9.90. The van der Waals surface area contributed by atoms with Gasteiger partial charge in [0, 0.05) is 65.5 Å². The molecule has 11 nitrogen and oxygen atoms in total. The van der Waals surface area contributed by atoms with Crippen LogP contribution < -0.4 is 15.4 Å². The maximum atomic E-state index is 17.4. The molecule has 4 N–H and O–H groups in total. The Morgan fingerprint density at radius 1 is 1.12 bits per heavy atom. The van der Waals surface area contributed by atoms with Crippen LogP contribution in [-0.2, 0) is 18.0 Å². The summed E-state index contributed by atoms with van der Waals surface area (Å²) in [6.45, 7) is 4.72. The molecule has 2 aromatic carbocycles. The number of aliphatic hydroxyl groups is 2. The van der Waals surface area contributed by atoms with E-state index in [0.717, 1.165) is 37.3 Å². The summed E-state index contributed by atoms with van der Waals surface area (Å²) in [5, 5.41) is 31.3. The number of hydrogen-bond donors (Lipinski definition) is 3. The fourth-order valence-corrected chi connectivity index (χ4v) is 9.25. The third-order valence-electron chi connectivity index (χ3n) is 10.3. The van der Waals surface area contributed by atoms with Gasteiger partial charge in [0.1, 0.15) is 34.8 Å². The van der Waals surface area contributed by atoms with E-state index in [1.165, 1.54) is 6.07 Å². The molecule has 0 saturated carbocycles. The van der Waals surface area contributed by atoms with Gasteiger partial charge in [0.15, 0.2) is 5.82 Å². The minimum atomic E-state index is -0.740. The lowest BCUT2D eigenvalue weighted by Crippen LogP contribution is -2.55. The van der Waals surface area contributed by atoms with E-state index in [9.17, 15) is 15.5 Å². The second-order valence-electron chi connectivity index (χ2n) is 13.6. The first-order chi connectivity index (χ1) is 23.1. The summed E-state index contributed by atoms with van der Waals surface area (Å²) in [4.78, 5) is 16.2. The van der Waals surface area contributed by atoms with Crippen molar-refractivity contribution in [2.24, 2.45) is 0 Å². The Morgan fingerprint density at radius 3 is 2.56 bits per heavy atom. The van der Waals surface area contributed by atoms with Gasteiger partial charge in [0.2, 0.25) is 0 Å². The van der Waals surface area contributed by atoms with Gasteiger partial charge in [0.25, 0.3) is 0 Å². The number of likely N-dealkylation sites (tertiary alicyclic amines) is 2. The topological polar surface area (TPSA) is 144 Å². The Hall–Kier alpha value is -3.71. The number of nitriles is 1. The van der Waals surface area contributed by atoms with Gasteiger partial charge in [-0.3, -0.25) is 9.80 Å². The Kier molecular flexibility index (Phi) is 7.89. The number of likely N-dealkylation sites (N-methyl/N-ethyl adjacent to an activating group) is 1. The normalized spacial score (nSPS) is 24.9. The molecule has 4 aromatic rings. The van der Waals surface area contributed by atoms with Gasteiger partial charge in [-0.1, -0.05) is 0 Å². The Balaban J connectivity index is 1.34. The molecule has 2 aromatic heterocycles. The van der Waals surface area contributed by atoms with Crippen LogP contribution in [0.4, 0.5) is 19.6 Å². The fraction of sp³-hybridized carbons (Fsp3) is 0.500. The number of nitrogens with two attached hydrogens (primary N) is 1. The lowest BCUT2D eigenvalue weighted by Gasteiger charge is -2.42. The molecule has 252 valence electrons. The molecule has 3 unspecified atom stereocenters. The predicted octanol–water partition coefficient (Wildman–Crippen LogP) is 3.75. The van der Waals surface area contributed by atoms with Crippen molar-refractivity contribution < 1.29 is 28.5 Å². The molecular formula is C34H37F2N7O4S. The van der Waals surface area contributed by atoms with E-state index in [1.54, 1.807) is 13.0 Å². The summed E-state index contributed by atoms with van der Waals surface area (Å²) in [7, 11) is 1.92. The quantitative estimate of drug-likeness (QED) is 0.263. The monoisotopic (exact) mass is 677 g/mol. The Bertz CT molecular complexity index is 1970. The number of hydrogen-bond acceptors (Lipinski definition) is 12. The van der Waals surface area contributed by atoms with E-state index in [-0.39, 0.29) is 76.6 Å². The highest BCUT2D eigenvalue weighted by atomic mass is 32.1. The zero-order chi connectivity index (χ0) is 33.4. The third-order valence-corrected chi connectivity index (χ3v) is 11.3. The number of ether oxygens (including phenoxy) is 2. The minimum absolute atomic E-state index is 0.00186. The molecule has 3 fully saturated rings. The van der Waals surface area contributed by atoms with Crippen LogP contribution >= 0.6 is 11.3 Å². The highest BCUT2D eigenvalue weighted by Gasteiger charge is 2.43. The van der Waals surface area contributed by atoms with Crippen LogP contribution in [0.25, 0.3) is 32.1 Å². The second kappa shape index (κ2) is 12.0. The molecule has 5 atom stereocenters. The minimum Gasteiger partial charge on any atom is -0.462 e. The summed E-state index contributed by atoms with van der Waals surface area (Å²) in [6.07, 6.45) is 1.44. The fourth-order valence-electron chi connectivity index (χ4n) is 8.32. The molecule has 0 aliphatic carbocycles. The van der Waals surface area contributed by atoms with Crippen molar-refractivity contribution in [3.05, 3.63) is 40.5 Å². The van der Waals surface area contributed by atoms with Gasteiger partial charge in [-0.25, -0.2) is 8.78 Å². The van der Waals surface area contributed by atoms with Crippen LogP contribution in [0.3, 0.4) is 0 Å². The van der Waals surface area contributed by atoms with Crippen molar-refractivity contribution in [2.45, 2.75) is 69.7 Å². The van der Waals surface area contributed by atoms with Crippen LogP contribution in [0.1, 0.15) is 42.9 Å². The average molecular weight is 678 g/mol. The molecule has 8 rings (SSSR count). The first kappa shape index (κ1) is 31.6. The van der Waals surface area contributed by atoms with Crippen LogP contribution in [0.5, 0.6) is 6.01 Å². The second-order valence-corrected chi connectivity index (χ2v) is 14.7. The number of halogens is 2. The maximum absolute atomic E-state index is 17.4. The van der Waals surface area contributed by atoms with E-state index in [1.807, 2.05) is 11.9 Å². The Morgan fingerprint density at radius 2 is 1.88 bits per heavy atom. The number of aliphatic hydroxyl groups excluding tert-OH is 2. The first-order valence-electron chi connectivity index (χ1n) is 16.4. The van der Waals surface area contributed by atoms with Crippen LogP contribution in [0.15, 0.2) is 12.1 Å². The SMILES string of the molecule is CC(O)CN1CC2CCC(C1)N2c1nc(OC[C@@H]2C[C@@H](O)CN2C)nc2c(F)c(-c3c(F)ccc4sc(N)c(C#N)c34)c3c(c12)COC3. The number of rotatable bonds is 7. The van der Waals surface area contributed by atoms with Crippen molar-refractivity contribution in [1.29, 1.82) is 5.26 Å². The number of anilines is 2.